The highest BCUT2D eigenvalue weighted by molar-refractivity contribution is 7.15. The lowest BCUT2D eigenvalue weighted by atomic mass is 10.1. The van der Waals surface area contributed by atoms with Crippen molar-refractivity contribution in [2.45, 2.75) is 19.8 Å². The van der Waals surface area contributed by atoms with Gasteiger partial charge < -0.3 is 5.32 Å². The molecule has 4 aromatic rings. The van der Waals surface area contributed by atoms with Gasteiger partial charge in [0, 0.05) is 34.9 Å². The van der Waals surface area contributed by atoms with Crippen LogP contribution in [-0.2, 0) is 11.2 Å². The predicted molar refractivity (Wildman–Crippen MR) is 107 cm³/mol. The number of rotatable bonds is 5. The van der Waals surface area contributed by atoms with Crippen molar-refractivity contribution in [3.63, 3.8) is 0 Å². The molecule has 27 heavy (non-hydrogen) atoms. The van der Waals surface area contributed by atoms with Crippen molar-refractivity contribution in [3.05, 3.63) is 77.2 Å². The first kappa shape index (κ1) is 17.4. The van der Waals surface area contributed by atoms with Crippen molar-refractivity contribution in [1.29, 1.82) is 0 Å². The van der Waals surface area contributed by atoms with Gasteiger partial charge in [-0.05, 0) is 37.6 Å². The molecule has 4 rings (SSSR count). The second-order valence-corrected chi connectivity index (χ2v) is 7.24. The summed E-state index contributed by atoms with van der Waals surface area (Å²) in [7, 11) is 0. The quantitative estimate of drug-likeness (QED) is 0.525. The number of hydrogen-bond acceptors (Lipinski definition) is 3. The smallest absolute Gasteiger partial charge is 0.224 e. The maximum atomic E-state index is 14.0. The van der Waals surface area contributed by atoms with Crippen molar-refractivity contribution in [2.75, 3.05) is 5.32 Å². The zero-order chi connectivity index (χ0) is 18.8. The summed E-state index contributed by atoms with van der Waals surface area (Å²) in [6.45, 7) is 2.01. The third-order valence-electron chi connectivity index (χ3n) is 4.38. The maximum Gasteiger partial charge on any atom is 0.224 e. The first-order valence-electron chi connectivity index (χ1n) is 8.67. The second-order valence-electron chi connectivity index (χ2n) is 6.40. The Bertz CT molecular complexity index is 1100. The molecule has 0 aliphatic rings. The first-order chi connectivity index (χ1) is 13.1. The summed E-state index contributed by atoms with van der Waals surface area (Å²) in [5.41, 5.74) is 4.02. The summed E-state index contributed by atoms with van der Waals surface area (Å²) in [5.74, 6) is -0.324. The van der Waals surface area contributed by atoms with E-state index in [4.69, 9.17) is 0 Å². The molecule has 0 spiro atoms. The van der Waals surface area contributed by atoms with Crippen LogP contribution in [0.25, 0.3) is 16.2 Å². The average Bonchev–Trinajstić information content (AvgIpc) is 3.23. The van der Waals surface area contributed by atoms with Gasteiger partial charge in [-0.2, -0.15) is 0 Å². The van der Waals surface area contributed by atoms with Crippen LogP contribution in [0.3, 0.4) is 0 Å². The van der Waals surface area contributed by atoms with Crippen LogP contribution in [0.2, 0.25) is 0 Å². The highest BCUT2D eigenvalue weighted by atomic mass is 32.1. The van der Waals surface area contributed by atoms with E-state index in [2.05, 4.69) is 10.3 Å². The third kappa shape index (κ3) is 3.75. The van der Waals surface area contributed by atoms with Gasteiger partial charge >= 0.3 is 0 Å². The average molecular weight is 379 g/mol. The number of carbonyl (C=O) groups is 1. The number of aryl methyl sites for hydroxylation is 2. The molecule has 2 aromatic heterocycles. The van der Waals surface area contributed by atoms with E-state index in [0.717, 1.165) is 21.9 Å². The summed E-state index contributed by atoms with van der Waals surface area (Å²) < 4.78 is 15.9. The van der Waals surface area contributed by atoms with E-state index >= 15 is 0 Å². The molecule has 0 unspecified atom stereocenters. The van der Waals surface area contributed by atoms with Crippen molar-refractivity contribution >= 4 is 27.9 Å². The molecule has 6 heteroatoms. The molecule has 1 N–H and O–H groups in total. The van der Waals surface area contributed by atoms with Crippen LogP contribution in [0.1, 0.15) is 17.7 Å². The SMILES string of the molecule is Cc1ccc(NC(=O)CCc2csc3nc(-c4ccccc4F)cn23)cc1. The fourth-order valence-electron chi connectivity index (χ4n) is 2.91. The number of nitrogens with one attached hydrogen (secondary N) is 1. The van der Waals surface area contributed by atoms with Crippen molar-refractivity contribution < 1.29 is 9.18 Å². The van der Waals surface area contributed by atoms with E-state index in [1.807, 2.05) is 47.2 Å². The van der Waals surface area contributed by atoms with E-state index in [1.165, 1.54) is 17.4 Å². The minimum atomic E-state index is -0.290. The van der Waals surface area contributed by atoms with Crippen molar-refractivity contribution in [1.82, 2.24) is 9.38 Å². The first-order valence-corrected chi connectivity index (χ1v) is 9.55. The standard InChI is InChI=1S/C21H18FN3OS/c1-14-6-8-15(9-7-14)23-20(26)11-10-16-13-27-21-24-19(12-25(16)21)17-4-2-3-5-18(17)22/h2-9,12-13H,10-11H2,1H3,(H,23,26). The monoisotopic (exact) mass is 379 g/mol. The van der Waals surface area contributed by atoms with Crippen LogP contribution in [0, 0.1) is 12.7 Å². The third-order valence-corrected chi connectivity index (χ3v) is 5.27. The minimum Gasteiger partial charge on any atom is -0.326 e. The van der Waals surface area contributed by atoms with E-state index in [1.54, 1.807) is 18.2 Å². The topological polar surface area (TPSA) is 46.4 Å². The Morgan fingerprint density at radius 3 is 2.74 bits per heavy atom. The van der Waals surface area contributed by atoms with Gasteiger partial charge in [-0.1, -0.05) is 29.8 Å². The molecule has 4 nitrogen and oxygen atoms in total. The fraction of sp³-hybridized carbons (Fsp3) is 0.143. The van der Waals surface area contributed by atoms with Crippen molar-refractivity contribution in [2.24, 2.45) is 0 Å². The van der Waals surface area contributed by atoms with Crippen LogP contribution < -0.4 is 5.32 Å². The summed E-state index contributed by atoms with van der Waals surface area (Å²) in [6, 6.07) is 14.3. The number of thiazole rings is 1. The number of nitrogens with zero attached hydrogens (tertiary/aromatic N) is 2. The van der Waals surface area contributed by atoms with Gasteiger partial charge in [-0.15, -0.1) is 11.3 Å². The molecular weight excluding hydrogens is 361 g/mol. The van der Waals surface area contributed by atoms with Crippen LogP contribution in [0.4, 0.5) is 10.1 Å². The number of amides is 1. The largest absolute Gasteiger partial charge is 0.326 e. The molecule has 0 aliphatic carbocycles. The molecule has 0 saturated carbocycles. The number of halogens is 1. The number of anilines is 1. The molecule has 2 aromatic carbocycles. The number of fused-ring (bicyclic) bond motifs is 1. The zero-order valence-electron chi connectivity index (χ0n) is 14.8. The summed E-state index contributed by atoms with van der Waals surface area (Å²) in [5, 5.41) is 4.90. The van der Waals surface area contributed by atoms with Gasteiger partial charge in [-0.3, -0.25) is 9.20 Å². The van der Waals surface area contributed by atoms with E-state index < -0.39 is 0 Å². The highest BCUT2D eigenvalue weighted by Gasteiger charge is 2.13. The molecule has 2 heterocycles. The number of aromatic nitrogens is 2. The normalized spacial score (nSPS) is 11.0. The second kappa shape index (κ2) is 7.32. The Labute approximate surface area is 160 Å². The highest BCUT2D eigenvalue weighted by Crippen LogP contribution is 2.26. The lowest BCUT2D eigenvalue weighted by Gasteiger charge is -2.05. The Morgan fingerprint density at radius 1 is 1.19 bits per heavy atom. The number of carbonyl (C=O) groups excluding carboxylic acids is 1. The minimum absolute atomic E-state index is 0.0346. The van der Waals surface area contributed by atoms with Gasteiger partial charge in [0.2, 0.25) is 5.91 Å². The van der Waals surface area contributed by atoms with Gasteiger partial charge in [0.15, 0.2) is 4.96 Å². The Balaban J connectivity index is 1.47. The molecule has 136 valence electrons. The molecule has 0 atom stereocenters. The molecule has 0 radical (unpaired) electrons. The van der Waals surface area contributed by atoms with Crippen LogP contribution >= 0.6 is 11.3 Å². The van der Waals surface area contributed by atoms with Crippen LogP contribution in [0.15, 0.2) is 60.1 Å². The fourth-order valence-corrected chi connectivity index (χ4v) is 3.82. The van der Waals surface area contributed by atoms with Crippen LogP contribution in [0.5, 0.6) is 0 Å². The number of hydrogen-bond donors (Lipinski definition) is 1. The molecular formula is C21H18FN3OS. The Kier molecular flexibility index (Phi) is 4.73. The van der Waals surface area contributed by atoms with E-state index in [9.17, 15) is 9.18 Å². The Morgan fingerprint density at radius 2 is 1.96 bits per heavy atom. The van der Waals surface area contributed by atoms with Crippen molar-refractivity contribution in [3.8, 4) is 11.3 Å². The van der Waals surface area contributed by atoms with Crippen LogP contribution in [-0.4, -0.2) is 15.3 Å². The van der Waals surface area contributed by atoms with Gasteiger partial charge in [-0.25, -0.2) is 9.37 Å². The number of imidazole rings is 1. The molecule has 0 saturated heterocycles. The lowest BCUT2D eigenvalue weighted by molar-refractivity contribution is -0.116. The molecule has 1 amide bonds. The molecule has 0 fully saturated rings. The Hall–Kier alpha value is -2.99. The summed E-state index contributed by atoms with van der Waals surface area (Å²) >= 11 is 1.49. The van der Waals surface area contributed by atoms with E-state index in [-0.39, 0.29) is 11.7 Å². The number of benzene rings is 2. The lowest BCUT2D eigenvalue weighted by Crippen LogP contribution is -2.12. The summed E-state index contributed by atoms with van der Waals surface area (Å²) in [4.78, 5) is 17.5. The maximum absolute atomic E-state index is 14.0. The predicted octanol–water partition coefficient (Wildman–Crippen LogP) is 5.08. The zero-order valence-corrected chi connectivity index (χ0v) is 15.6. The van der Waals surface area contributed by atoms with E-state index in [0.29, 0.717) is 24.1 Å². The summed E-state index contributed by atoms with van der Waals surface area (Å²) in [6.07, 6.45) is 2.79. The van der Waals surface area contributed by atoms with Gasteiger partial charge in [0.05, 0.1) is 5.69 Å². The van der Waals surface area contributed by atoms with Gasteiger partial charge in [0.25, 0.3) is 0 Å². The van der Waals surface area contributed by atoms with Gasteiger partial charge in [0.1, 0.15) is 5.82 Å². The molecule has 0 bridgehead atoms. The molecule has 0 aliphatic heterocycles.